The highest BCUT2D eigenvalue weighted by Gasteiger charge is 2.17. The maximum atomic E-state index is 11.1. The van der Waals surface area contributed by atoms with Gasteiger partial charge in [0.25, 0.3) is 5.69 Å². The molecule has 6 nitrogen and oxygen atoms in total. The van der Waals surface area contributed by atoms with Gasteiger partial charge in [-0.2, -0.15) is 0 Å². The molecular weight excluding hydrogens is 328 g/mol. The number of nitrogens with zero attached hydrogens (tertiary/aromatic N) is 4. The van der Waals surface area contributed by atoms with Crippen molar-refractivity contribution in [1.29, 1.82) is 0 Å². The van der Waals surface area contributed by atoms with Gasteiger partial charge in [-0.15, -0.1) is 0 Å². The minimum atomic E-state index is -0.393. The van der Waals surface area contributed by atoms with Crippen LogP contribution in [0.25, 0.3) is 33.4 Å². The molecule has 0 aliphatic carbocycles. The lowest BCUT2D eigenvalue weighted by Crippen LogP contribution is -2.00. The Bertz CT molecular complexity index is 1120. The average molecular weight is 344 g/mol. The van der Waals surface area contributed by atoms with Crippen molar-refractivity contribution >= 4 is 16.6 Å². The minimum absolute atomic E-state index is 0.0494. The number of nitro groups is 1. The van der Waals surface area contributed by atoms with E-state index in [1.54, 1.807) is 18.3 Å². The van der Waals surface area contributed by atoms with Crippen LogP contribution in [0.1, 0.15) is 6.92 Å². The number of rotatable bonds is 4. The number of hydrogen-bond acceptors (Lipinski definition) is 4. The van der Waals surface area contributed by atoms with Crippen LogP contribution in [0.4, 0.5) is 5.69 Å². The van der Waals surface area contributed by atoms with Crippen LogP contribution in [0.15, 0.2) is 67.1 Å². The first kappa shape index (κ1) is 16.0. The molecule has 0 amide bonds. The van der Waals surface area contributed by atoms with Crippen LogP contribution in [0, 0.1) is 10.1 Å². The Hall–Kier alpha value is -3.54. The molecule has 0 N–H and O–H groups in total. The van der Waals surface area contributed by atoms with Gasteiger partial charge < -0.3 is 4.57 Å². The Morgan fingerprint density at radius 3 is 2.77 bits per heavy atom. The Morgan fingerprint density at radius 2 is 1.96 bits per heavy atom. The highest BCUT2D eigenvalue weighted by Crippen LogP contribution is 2.34. The summed E-state index contributed by atoms with van der Waals surface area (Å²) in [5, 5.41) is 12.3. The van der Waals surface area contributed by atoms with Crippen LogP contribution in [-0.2, 0) is 6.54 Å². The van der Waals surface area contributed by atoms with Crippen molar-refractivity contribution in [2.24, 2.45) is 0 Å². The molecule has 0 fully saturated rings. The van der Waals surface area contributed by atoms with Crippen molar-refractivity contribution in [2.75, 3.05) is 0 Å². The van der Waals surface area contributed by atoms with E-state index in [4.69, 9.17) is 0 Å². The van der Waals surface area contributed by atoms with E-state index in [0.717, 1.165) is 40.0 Å². The van der Waals surface area contributed by atoms with E-state index in [1.807, 2.05) is 18.2 Å². The monoisotopic (exact) mass is 344 g/mol. The van der Waals surface area contributed by atoms with Gasteiger partial charge in [0.15, 0.2) is 0 Å². The SMILES string of the molecule is CCn1c(-c2ncncc2-c2cccc([N+](=O)[O-])c2)cc2ccccc21. The zero-order chi connectivity index (χ0) is 18.1. The molecule has 0 spiro atoms. The van der Waals surface area contributed by atoms with Crippen LogP contribution < -0.4 is 0 Å². The Labute approximate surface area is 149 Å². The summed E-state index contributed by atoms with van der Waals surface area (Å²) >= 11 is 0. The molecule has 0 unspecified atom stereocenters. The standard InChI is InChI=1S/C20H16N4O2/c1-2-23-18-9-4-3-6-15(18)11-19(23)20-17(12-21-13-22-20)14-7-5-8-16(10-14)24(25)26/h3-13H,2H2,1H3. The second-order valence-corrected chi connectivity index (χ2v) is 5.93. The van der Waals surface area contributed by atoms with Crippen LogP contribution in [0.3, 0.4) is 0 Å². The number of para-hydroxylation sites is 1. The van der Waals surface area contributed by atoms with Gasteiger partial charge in [0.2, 0.25) is 0 Å². The number of non-ortho nitro benzene ring substituents is 1. The second-order valence-electron chi connectivity index (χ2n) is 5.93. The van der Waals surface area contributed by atoms with Crippen molar-refractivity contribution in [3.8, 4) is 22.5 Å². The molecule has 0 aliphatic heterocycles. The van der Waals surface area contributed by atoms with E-state index in [9.17, 15) is 10.1 Å². The molecule has 0 bridgehead atoms. The number of benzene rings is 2. The zero-order valence-electron chi connectivity index (χ0n) is 14.2. The molecule has 0 saturated heterocycles. The maximum absolute atomic E-state index is 11.1. The summed E-state index contributed by atoms with van der Waals surface area (Å²) in [7, 11) is 0. The Morgan fingerprint density at radius 1 is 1.12 bits per heavy atom. The Balaban J connectivity index is 1.95. The largest absolute Gasteiger partial charge is 0.339 e. The van der Waals surface area contributed by atoms with Gasteiger partial charge in [-0.05, 0) is 24.6 Å². The van der Waals surface area contributed by atoms with Crippen LogP contribution in [0.2, 0.25) is 0 Å². The highest BCUT2D eigenvalue weighted by molar-refractivity contribution is 5.90. The number of hydrogen-bond donors (Lipinski definition) is 0. The molecule has 4 aromatic rings. The zero-order valence-corrected chi connectivity index (χ0v) is 14.2. The van der Waals surface area contributed by atoms with E-state index in [0.29, 0.717) is 0 Å². The van der Waals surface area contributed by atoms with Gasteiger partial charge in [-0.3, -0.25) is 10.1 Å². The fraction of sp³-hybridized carbons (Fsp3) is 0.100. The molecule has 128 valence electrons. The lowest BCUT2D eigenvalue weighted by molar-refractivity contribution is -0.384. The first-order valence-electron chi connectivity index (χ1n) is 8.32. The average Bonchev–Trinajstić information content (AvgIpc) is 3.06. The molecule has 0 saturated carbocycles. The fourth-order valence-electron chi connectivity index (χ4n) is 3.28. The lowest BCUT2D eigenvalue weighted by Gasteiger charge is -2.11. The molecule has 2 aromatic heterocycles. The summed E-state index contributed by atoms with van der Waals surface area (Å²) in [5.74, 6) is 0. The molecular formula is C20H16N4O2. The first-order valence-corrected chi connectivity index (χ1v) is 8.32. The van der Waals surface area contributed by atoms with E-state index in [1.165, 1.54) is 12.4 Å². The summed E-state index contributed by atoms with van der Waals surface area (Å²) in [6.45, 7) is 2.88. The molecule has 2 heterocycles. The predicted octanol–water partition coefficient (Wildman–Crippen LogP) is 4.69. The van der Waals surface area contributed by atoms with E-state index in [2.05, 4.69) is 39.7 Å². The van der Waals surface area contributed by atoms with Gasteiger partial charge in [0, 0.05) is 41.3 Å². The van der Waals surface area contributed by atoms with Crippen LogP contribution in [-0.4, -0.2) is 19.5 Å². The summed E-state index contributed by atoms with van der Waals surface area (Å²) in [6, 6.07) is 16.8. The first-order chi connectivity index (χ1) is 12.7. The predicted molar refractivity (Wildman–Crippen MR) is 101 cm³/mol. The van der Waals surface area contributed by atoms with Gasteiger partial charge in [0.1, 0.15) is 6.33 Å². The van der Waals surface area contributed by atoms with Crippen molar-refractivity contribution in [1.82, 2.24) is 14.5 Å². The topological polar surface area (TPSA) is 73.8 Å². The van der Waals surface area contributed by atoms with Gasteiger partial charge in [0.05, 0.1) is 16.3 Å². The van der Waals surface area contributed by atoms with E-state index < -0.39 is 4.92 Å². The number of fused-ring (bicyclic) bond motifs is 1. The summed E-state index contributed by atoms with van der Waals surface area (Å²) in [5.41, 5.74) is 4.41. The highest BCUT2D eigenvalue weighted by atomic mass is 16.6. The lowest BCUT2D eigenvalue weighted by atomic mass is 10.0. The maximum Gasteiger partial charge on any atom is 0.270 e. The summed E-state index contributed by atoms with van der Waals surface area (Å²) < 4.78 is 2.19. The minimum Gasteiger partial charge on any atom is -0.339 e. The molecule has 26 heavy (non-hydrogen) atoms. The van der Waals surface area contributed by atoms with Crippen LogP contribution >= 0.6 is 0 Å². The Kier molecular flexibility index (Phi) is 3.93. The smallest absolute Gasteiger partial charge is 0.270 e. The number of aromatic nitrogens is 3. The van der Waals surface area contributed by atoms with E-state index in [-0.39, 0.29) is 5.69 Å². The van der Waals surface area contributed by atoms with Crippen molar-refractivity contribution in [3.05, 3.63) is 77.2 Å². The molecule has 0 radical (unpaired) electrons. The molecule has 4 rings (SSSR count). The third-order valence-corrected chi connectivity index (χ3v) is 4.45. The third-order valence-electron chi connectivity index (χ3n) is 4.45. The van der Waals surface area contributed by atoms with Gasteiger partial charge in [-0.1, -0.05) is 30.3 Å². The number of nitro benzene ring substituents is 1. The summed E-state index contributed by atoms with van der Waals surface area (Å²) in [4.78, 5) is 19.4. The quantitative estimate of drug-likeness (QED) is 0.397. The van der Waals surface area contributed by atoms with E-state index >= 15 is 0 Å². The molecule has 6 heteroatoms. The van der Waals surface area contributed by atoms with Gasteiger partial charge in [-0.25, -0.2) is 9.97 Å². The molecule has 0 aliphatic rings. The van der Waals surface area contributed by atoms with Crippen molar-refractivity contribution < 1.29 is 4.92 Å². The summed E-state index contributed by atoms with van der Waals surface area (Å²) in [6.07, 6.45) is 3.22. The van der Waals surface area contributed by atoms with Crippen molar-refractivity contribution in [3.63, 3.8) is 0 Å². The normalized spacial score (nSPS) is 11.0. The third kappa shape index (κ3) is 2.61. The number of aryl methyl sites for hydroxylation is 1. The fourth-order valence-corrected chi connectivity index (χ4v) is 3.28. The van der Waals surface area contributed by atoms with Crippen molar-refractivity contribution in [2.45, 2.75) is 13.5 Å². The van der Waals surface area contributed by atoms with Gasteiger partial charge >= 0.3 is 0 Å². The van der Waals surface area contributed by atoms with Crippen LogP contribution in [0.5, 0.6) is 0 Å². The molecule has 2 aromatic carbocycles. The second kappa shape index (κ2) is 6.40. The molecule has 0 atom stereocenters.